The smallest absolute Gasteiger partial charge is 0.157 e. The van der Waals surface area contributed by atoms with E-state index >= 15 is 0 Å². The maximum absolute atomic E-state index is 11.0. The number of rotatable bonds is 5. The van der Waals surface area contributed by atoms with Crippen LogP contribution in [-0.2, 0) is 9.53 Å². The normalized spacial score (nSPS) is 16.2. The molecule has 1 aliphatic rings. The number of nitrogens with zero attached hydrogens (tertiary/aromatic N) is 1. The molecule has 0 aromatic rings. The molecular formula is C10H17NO2. The number of hydrogen-bond acceptors (Lipinski definition) is 3. The highest BCUT2D eigenvalue weighted by Crippen LogP contribution is 2.17. The SMILES string of the molecule is CCOCCN(C)C1=CC(=O)CC1. The summed E-state index contributed by atoms with van der Waals surface area (Å²) in [5, 5.41) is 0. The third-order valence-corrected chi connectivity index (χ3v) is 2.22. The molecule has 0 heterocycles. The molecule has 74 valence electrons. The molecule has 0 fully saturated rings. The summed E-state index contributed by atoms with van der Waals surface area (Å²) < 4.78 is 5.24. The molecule has 0 spiro atoms. The van der Waals surface area contributed by atoms with Crippen molar-refractivity contribution in [2.75, 3.05) is 26.8 Å². The van der Waals surface area contributed by atoms with E-state index in [0.29, 0.717) is 6.42 Å². The third-order valence-electron chi connectivity index (χ3n) is 2.22. The molecule has 0 aromatic carbocycles. The number of allylic oxidation sites excluding steroid dienone is 2. The fourth-order valence-electron chi connectivity index (χ4n) is 1.37. The molecule has 0 radical (unpaired) electrons. The molecule has 0 saturated carbocycles. The lowest BCUT2D eigenvalue weighted by Crippen LogP contribution is -2.21. The van der Waals surface area contributed by atoms with Gasteiger partial charge in [-0.05, 0) is 13.3 Å². The monoisotopic (exact) mass is 183 g/mol. The maximum atomic E-state index is 11.0. The summed E-state index contributed by atoms with van der Waals surface area (Å²) in [5.74, 6) is 0.248. The van der Waals surface area contributed by atoms with Crippen molar-refractivity contribution in [2.24, 2.45) is 0 Å². The van der Waals surface area contributed by atoms with Crippen LogP contribution in [0.5, 0.6) is 0 Å². The molecule has 1 rings (SSSR count). The first-order chi connectivity index (χ1) is 6.24. The van der Waals surface area contributed by atoms with E-state index in [4.69, 9.17) is 4.74 Å². The summed E-state index contributed by atoms with van der Waals surface area (Å²) in [6, 6.07) is 0. The molecule has 0 aliphatic heterocycles. The van der Waals surface area contributed by atoms with Gasteiger partial charge in [-0.15, -0.1) is 0 Å². The summed E-state index contributed by atoms with van der Waals surface area (Å²) in [6.07, 6.45) is 3.31. The molecule has 13 heavy (non-hydrogen) atoms. The zero-order valence-electron chi connectivity index (χ0n) is 8.38. The van der Waals surface area contributed by atoms with Gasteiger partial charge < -0.3 is 9.64 Å². The Balaban J connectivity index is 2.27. The summed E-state index contributed by atoms with van der Waals surface area (Å²) >= 11 is 0. The number of carbonyl (C=O) groups excluding carboxylic acids is 1. The average molecular weight is 183 g/mol. The summed E-state index contributed by atoms with van der Waals surface area (Å²) in [7, 11) is 2.00. The van der Waals surface area contributed by atoms with Crippen LogP contribution in [-0.4, -0.2) is 37.5 Å². The van der Waals surface area contributed by atoms with E-state index in [-0.39, 0.29) is 5.78 Å². The van der Waals surface area contributed by atoms with Crippen molar-refractivity contribution in [1.29, 1.82) is 0 Å². The van der Waals surface area contributed by atoms with E-state index in [0.717, 1.165) is 31.9 Å². The standard InChI is InChI=1S/C10H17NO2/c1-3-13-7-6-11(2)9-4-5-10(12)8-9/h8H,3-7H2,1-2H3. The predicted octanol–water partition coefficient (Wildman–Crippen LogP) is 1.20. The van der Waals surface area contributed by atoms with Crippen LogP contribution in [0, 0.1) is 0 Å². The van der Waals surface area contributed by atoms with Crippen LogP contribution in [0.3, 0.4) is 0 Å². The van der Waals surface area contributed by atoms with E-state index in [1.54, 1.807) is 6.08 Å². The van der Waals surface area contributed by atoms with Gasteiger partial charge in [0.2, 0.25) is 0 Å². The Hall–Kier alpha value is -0.830. The quantitative estimate of drug-likeness (QED) is 0.600. The van der Waals surface area contributed by atoms with Crippen LogP contribution in [0.1, 0.15) is 19.8 Å². The van der Waals surface area contributed by atoms with Crippen molar-refractivity contribution >= 4 is 5.78 Å². The maximum Gasteiger partial charge on any atom is 0.157 e. The van der Waals surface area contributed by atoms with E-state index in [1.807, 2.05) is 14.0 Å². The molecular weight excluding hydrogens is 166 g/mol. The molecule has 0 atom stereocenters. The van der Waals surface area contributed by atoms with Gasteiger partial charge in [-0.1, -0.05) is 0 Å². The second kappa shape index (κ2) is 5.02. The second-order valence-electron chi connectivity index (χ2n) is 3.22. The molecule has 0 bridgehead atoms. The summed E-state index contributed by atoms with van der Waals surface area (Å²) in [4.78, 5) is 13.1. The van der Waals surface area contributed by atoms with Gasteiger partial charge in [0.05, 0.1) is 6.61 Å². The topological polar surface area (TPSA) is 29.5 Å². The van der Waals surface area contributed by atoms with E-state index in [1.165, 1.54) is 0 Å². The van der Waals surface area contributed by atoms with E-state index in [9.17, 15) is 4.79 Å². The van der Waals surface area contributed by atoms with Gasteiger partial charge in [-0.25, -0.2) is 0 Å². The number of hydrogen-bond donors (Lipinski definition) is 0. The minimum atomic E-state index is 0.248. The third kappa shape index (κ3) is 3.19. The van der Waals surface area contributed by atoms with E-state index < -0.39 is 0 Å². The van der Waals surface area contributed by atoms with E-state index in [2.05, 4.69) is 4.90 Å². The van der Waals surface area contributed by atoms with Crippen LogP contribution in [0.25, 0.3) is 0 Å². The van der Waals surface area contributed by atoms with Gasteiger partial charge in [-0.3, -0.25) is 4.79 Å². The van der Waals surface area contributed by atoms with Gasteiger partial charge in [-0.2, -0.15) is 0 Å². The first-order valence-electron chi connectivity index (χ1n) is 4.76. The Morgan fingerprint density at radius 2 is 2.31 bits per heavy atom. The van der Waals surface area contributed by atoms with Gasteiger partial charge in [0.15, 0.2) is 5.78 Å². The molecule has 0 unspecified atom stereocenters. The number of carbonyl (C=O) groups is 1. The Kier molecular flexibility index (Phi) is 3.96. The van der Waals surface area contributed by atoms with Gasteiger partial charge in [0.1, 0.15) is 0 Å². The molecule has 0 N–H and O–H groups in total. The molecule has 0 amide bonds. The minimum absolute atomic E-state index is 0.248. The molecule has 3 heteroatoms. The zero-order chi connectivity index (χ0) is 9.68. The highest BCUT2D eigenvalue weighted by molar-refractivity contribution is 5.92. The Morgan fingerprint density at radius 3 is 2.85 bits per heavy atom. The largest absolute Gasteiger partial charge is 0.380 e. The van der Waals surface area contributed by atoms with Crippen molar-refractivity contribution in [3.8, 4) is 0 Å². The fourth-order valence-corrected chi connectivity index (χ4v) is 1.37. The lowest BCUT2D eigenvalue weighted by atomic mass is 10.3. The van der Waals surface area contributed by atoms with Crippen molar-refractivity contribution in [3.05, 3.63) is 11.8 Å². The number of ketones is 1. The lowest BCUT2D eigenvalue weighted by molar-refractivity contribution is -0.114. The summed E-state index contributed by atoms with van der Waals surface area (Å²) in [5.41, 5.74) is 1.14. The zero-order valence-corrected chi connectivity index (χ0v) is 8.38. The number of likely N-dealkylation sites (N-methyl/N-ethyl adjacent to an activating group) is 1. The predicted molar refractivity (Wildman–Crippen MR) is 51.4 cm³/mol. The van der Waals surface area contributed by atoms with Crippen molar-refractivity contribution < 1.29 is 9.53 Å². The fraction of sp³-hybridized carbons (Fsp3) is 0.700. The van der Waals surface area contributed by atoms with Crippen LogP contribution in [0.15, 0.2) is 11.8 Å². The Morgan fingerprint density at radius 1 is 1.54 bits per heavy atom. The van der Waals surface area contributed by atoms with Crippen LogP contribution in [0.4, 0.5) is 0 Å². The van der Waals surface area contributed by atoms with Crippen LogP contribution < -0.4 is 0 Å². The molecule has 3 nitrogen and oxygen atoms in total. The lowest BCUT2D eigenvalue weighted by Gasteiger charge is -2.19. The van der Waals surface area contributed by atoms with Crippen LogP contribution in [0.2, 0.25) is 0 Å². The Bertz CT molecular complexity index is 211. The summed E-state index contributed by atoms with van der Waals surface area (Å²) in [6.45, 7) is 4.34. The van der Waals surface area contributed by atoms with Gasteiger partial charge >= 0.3 is 0 Å². The van der Waals surface area contributed by atoms with Crippen molar-refractivity contribution in [2.45, 2.75) is 19.8 Å². The average Bonchev–Trinajstić information content (AvgIpc) is 2.52. The molecule has 1 aliphatic carbocycles. The first-order valence-corrected chi connectivity index (χ1v) is 4.76. The first kappa shape index (κ1) is 10.3. The highest BCUT2D eigenvalue weighted by Gasteiger charge is 2.14. The molecule has 0 aromatic heterocycles. The van der Waals surface area contributed by atoms with Crippen molar-refractivity contribution in [1.82, 2.24) is 4.90 Å². The highest BCUT2D eigenvalue weighted by atomic mass is 16.5. The second-order valence-corrected chi connectivity index (χ2v) is 3.22. The van der Waals surface area contributed by atoms with Crippen LogP contribution >= 0.6 is 0 Å². The van der Waals surface area contributed by atoms with Gasteiger partial charge in [0, 0.05) is 38.4 Å². The minimum Gasteiger partial charge on any atom is -0.380 e. The Labute approximate surface area is 79.4 Å². The molecule has 0 saturated heterocycles. The number of ether oxygens (including phenoxy) is 1. The van der Waals surface area contributed by atoms with Gasteiger partial charge in [0.25, 0.3) is 0 Å². The van der Waals surface area contributed by atoms with Crippen molar-refractivity contribution in [3.63, 3.8) is 0 Å².